The van der Waals surface area contributed by atoms with E-state index in [-0.39, 0.29) is 47.4 Å². The number of hydrogen-bond donors (Lipinski definition) is 3. The van der Waals surface area contributed by atoms with Gasteiger partial charge >= 0.3 is 11.7 Å². The van der Waals surface area contributed by atoms with Crippen molar-refractivity contribution in [3.63, 3.8) is 0 Å². The first-order valence-electron chi connectivity index (χ1n) is 15.1. The first kappa shape index (κ1) is 28.6. The van der Waals surface area contributed by atoms with Gasteiger partial charge in [-0.25, -0.2) is 9.59 Å². The molecule has 13 heteroatoms. The van der Waals surface area contributed by atoms with Gasteiger partial charge in [0.05, 0.1) is 12.7 Å². The van der Waals surface area contributed by atoms with E-state index in [1.807, 2.05) is 0 Å². The molecule has 3 saturated carbocycles. The highest BCUT2D eigenvalue weighted by molar-refractivity contribution is 6.07. The van der Waals surface area contributed by atoms with Gasteiger partial charge in [0.15, 0.2) is 0 Å². The first-order valence-corrected chi connectivity index (χ1v) is 15.1. The summed E-state index contributed by atoms with van der Waals surface area (Å²) in [5, 5.41) is 18.8. The zero-order valence-corrected chi connectivity index (χ0v) is 24.2. The number of likely N-dealkylation sites (N-methyl/N-ethyl adjacent to an activating group) is 1. The maximum Gasteiger partial charge on any atom is 0.334 e. The lowest BCUT2D eigenvalue weighted by atomic mass is 9.69. The second-order valence-corrected chi connectivity index (χ2v) is 13.3. The molecule has 0 spiro atoms. The van der Waals surface area contributed by atoms with Gasteiger partial charge in [-0.05, 0) is 69.9 Å². The van der Waals surface area contributed by atoms with Crippen LogP contribution >= 0.6 is 0 Å². The first-order chi connectivity index (χ1) is 20.0. The molecule has 2 bridgehead atoms. The number of aromatic hydroxyl groups is 1. The fraction of sp³-hybridized carbons (Fsp3) is 0.724. The van der Waals surface area contributed by atoms with Crippen molar-refractivity contribution in [1.82, 2.24) is 18.9 Å². The summed E-state index contributed by atoms with van der Waals surface area (Å²) >= 11 is 0. The quantitative estimate of drug-likeness (QED) is 0.225. The summed E-state index contributed by atoms with van der Waals surface area (Å²) in [4.78, 5) is 60.8. The van der Waals surface area contributed by atoms with Crippen LogP contribution < -0.4 is 17.0 Å². The summed E-state index contributed by atoms with van der Waals surface area (Å²) in [7, 11) is 1.48. The molecular weight excluding hydrogens is 542 g/mol. The molecule has 13 nitrogen and oxygen atoms in total. The van der Waals surface area contributed by atoms with Gasteiger partial charge in [-0.3, -0.25) is 38.9 Å². The van der Waals surface area contributed by atoms with E-state index in [1.165, 1.54) is 16.2 Å². The zero-order valence-electron chi connectivity index (χ0n) is 24.2. The number of aromatic nitrogens is 2. The number of nitrogens with two attached hydrogens (primary N) is 1. The summed E-state index contributed by atoms with van der Waals surface area (Å²) in [6.45, 7) is 5.00. The molecule has 3 aliphatic carbocycles. The van der Waals surface area contributed by atoms with Gasteiger partial charge in [-0.1, -0.05) is 12.8 Å². The Morgan fingerprint density at radius 2 is 1.76 bits per heavy atom. The average molecular weight is 584 g/mol. The van der Waals surface area contributed by atoms with Gasteiger partial charge in [-0.15, -0.1) is 0 Å². The Morgan fingerprint density at radius 1 is 1.10 bits per heavy atom. The number of imide groups is 1. The van der Waals surface area contributed by atoms with Crippen molar-refractivity contribution in [3.05, 3.63) is 26.4 Å². The minimum atomic E-state index is -1.39. The molecule has 4 heterocycles. The predicted molar refractivity (Wildman–Crippen MR) is 154 cm³/mol. The normalized spacial score (nSPS) is 32.9. The lowest BCUT2D eigenvalue weighted by molar-refractivity contribution is -0.133. The third kappa shape index (κ3) is 4.38. The maximum atomic E-state index is 13.6. The summed E-state index contributed by atoms with van der Waals surface area (Å²) < 4.78 is 8.13. The number of fused-ring (bicyclic) bond motifs is 1. The number of nitrogen functional groups attached to an aromatic ring is 1. The van der Waals surface area contributed by atoms with E-state index >= 15 is 0 Å². The number of ether oxygens (including phenoxy) is 1. The third-order valence-corrected chi connectivity index (χ3v) is 10.6. The Morgan fingerprint density at radius 3 is 2.33 bits per heavy atom. The van der Waals surface area contributed by atoms with Crippen LogP contribution in [0.1, 0.15) is 82.2 Å². The molecule has 0 unspecified atom stereocenters. The average Bonchev–Trinajstić information content (AvgIpc) is 3.73. The van der Waals surface area contributed by atoms with E-state index in [4.69, 9.17) is 15.9 Å². The lowest BCUT2D eigenvalue weighted by Crippen LogP contribution is -2.55. The van der Waals surface area contributed by atoms with Crippen LogP contribution in [0, 0.1) is 22.7 Å². The molecule has 6 fully saturated rings. The highest BCUT2D eigenvalue weighted by Crippen LogP contribution is 2.52. The fourth-order valence-corrected chi connectivity index (χ4v) is 8.21. The Balaban J connectivity index is 1.23. The molecule has 3 saturated heterocycles. The molecule has 1 atom stereocenters. The van der Waals surface area contributed by atoms with Crippen LogP contribution in [0.3, 0.4) is 0 Å². The number of hydrogen-bond acceptors (Lipinski definition) is 8. The van der Waals surface area contributed by atoms with Crippen molar-refractivity contribution in [1.29, 1.82) is 5.41 Å². The van der Waals surface area contributed by atoms with Crippen molar-refractivity contribution in [2.45, 2.75) is 95.0 Å². The Hall–Kier alpha value is -3.48. The van der Waals surface area contributed by atoms with Crippen molar-refractivity contribution in [2.24, 2.45) is 28.0 Å². The SMILES string of the molecule is C=N[C@]1(CC2CCC(n3c(=O)c(C(=N)N)c(O)n(CC4CCCC4)c3=O)CC2)C(=O)N(C)C(=O)N1CC12COC(C1)C2. The highest BCUT2D eigenvalue weighted by atomic mass is 16.5. The van der Waals surface area contributed by atoms with Gasteiger partial charge in [0.1, 0.15) is 11.4 Å². The van der Waals surface area contributed by atoms with Gasteiger partial charge < -0.3 is 15.6 Å². The molecule has 0 radical (unpaired) electrons. The number of nitrogens with one attached hydrogen (secondary N) is 1. The molecule has 6 aliphatic rings. The van der Waals surface area contributed by atoms with Crippen LogP contribution in [0.5, 0.6) is 5.88 Å². The molecule has 0 aromatic carbocycles. The van der Waals surface area contributed by atoms with E-state index in [9.17, 15) is 24.3 Å². The number of rotatable bonds is 9. The minimum absolute atomic E-state index is 0.00442. The highest BCUT2D eigenvalue weighted by Gasteiger charge is 2.61. The van der Waals surface area contributed by atoms with Crippen LogP contribution in [-0.2, 0) is 16.1 Å². The second-order valence-electron chi connectivity index (χ2n) is 13.3. The summed E-state index contributed by atoms with van der Waals surface area (Å²) in [5.74, 6) is -1.27. The molecular formula is C29H41N7O6. The molecule has 228 valence electrons. The van der Waals surface area contributed by atoms with Crippen LogP contribution in [0.4, 0.5) is 4.79 Å². The van der Waals surface area contributed by atoms with Crippen LogP contribution in [0.2, 0.25) is 0 Å². The molecule has 7 rings (SSSR count). The number of amidine groups is 1. The number of urea groups is 1. The van der Waals surface area contributed by atoms with Crippen LogP contribution in [-0.4, -0.2) is 80.5 Å². The van der Waals surface area contributed by atoms with Crippen molar-refractivity contribution >= 4 is 24.5 Å². The number of carbonyl (C=O) groups excluding carboxylic acids is 2. The summed E-state index contributed by atoms with van der Waals surface area (Å²) in [6.07, 6.45) is 8.43. The zero-order chi connectivity index (χ0) is 30.0. The number of nitrogens with zero attached hydrogens (tertiary/aromatic N) is 5. The van der Waals surface area contributed by atoms with Crippen molar-refractivity contribution in [3.8, 4) is 5.88 Å². The Kier molecular flexibility index (Phi) is 7.06. The van der Waals surface area contributed by atoms with Gasteiger partial charge in [0, 0.05) is 38.0 Å². The smallest absolute Gasteiger partial charge is 0.334 e. The van der Waals surface area contributed by atoms with Crippen LogP contribution in [0.15, 0.2) is 14.6 Å². The molecule has 1 aromatic heterocycles. The van der Waals surface area contributed by atoms with Gasteiger partial charge in [0.25, 0.3) is 11.5 Å². The summed E-state index contributed by atoms with van der Waals surface area (Å²) in [5.41, 5.74) is 2.50. The lowest BCUT2D eigenvalue weighted by Gasteiger charge is -2.43. The maximum absolute atomic E-state index is 13.6. The van der Waals surface area contributed by atoms with Gasteiger partial charge in [-0.2, -0.15) is 0 Å². The number of carbonyl (C=O) groups is 2. The predicted octanol–water partition coefficient (Wildman–Crippen LogP) is 1.78. The molecule has 42 heavy (non-hydrogen) atoms. The van der Waals surface area contributed by atoms with Gasteiger partial charge in [0.2, 0.25) is 11.5 Å². The van der Waals surface area contributed by atoms with E-state index in [1.54, 1.807) is 4.90 Å². The van der Waals surface area contributed by atoms with E-state index in [2.05, 4.69) is 11.7 Å². The monoisotopic (exact) mass is 583 g/mol. The topological polar surface area (TPSA) is 176 Å². The third-order valence-electron chi connectivity index (χ3n) is 10.6. The molecule has 3 aliphatic heterocycles. The number of amides is 3. The second kappa shape index (κ2) is 10.4. The van der Waals surface area contributed by atoms with Crippen LogP contribution in [0.25, 0.3) is 0 Å². The van der Waals surface area contributed by atoms with E-state index < -0.39 is 34.7 Å². The standard InChI is InChI=1S/C29H41N7O6/c1-32-29(25(39)33(2)26(40)35(29)15-28-12-20(13-28)42-16-28)11-17-7-9-19(10-8-17)36-24(38)21(22(30)31)23(37)34(27(36)41)14-18-5-3-4-6-18/h17-20,37H,1,3-16H2,2H3,(H3,30,31)/t17?,19?,20?,28?,29-/m0/s1. The Bertz CT molecular complexity index is 1430. The number of aliphatic imine (C=N–C) groups is 1. The van der Waals surface area contributed by atoms with E-state index in [0.29, 0.717) is 45.3 Å². The van der Waals surface area contributed by atoms with Crippen molar-refractivity contribution < 1.29 is 19.4 Å². The van der Waals surface area contributed by atoms with Crippen molar-refractivity contribution in [2.75, 3.05) is 20.2 Å². The molecule has 1 aromatic rings. The largest absolute Gasteiger partial charge is 0.494 e. The summed E-state index contributed by atoms with van der Waals surface area (Å²) in [6, 6.07) is -0.815. The molecule has 4 N–H and O–H groups in total. The fourth-order valence-electron chi connectivity index (χ4n) is 8.21. The molecule has 3 amide bonds. The minimum Gasteiger partial charge on any atom is -0.494 e. The van der Waals surface area contributed by atoms with E-state index in [0.717, 1.165) is 43.4 Å². The Labute approximate surface area is 243 Å².